The van der Waals surface area contributed by atoms with Crippen molar-refractivity contribution in [3.05, 3.63) is 29.8 Å². The maximum atomic E-state index is 12.8. The molecule has 0 unspecified atom stereocenters. The Morgan fingerprint density at radius 2 is 2.00 bits per heavy atom. The minimum atomic E-state index is 0. The van der Waals surface area contributed by atoms with Gasteiger partial charge >= 0.3 is 0 Å². The Balaban J connectivity index is 0.00000208. The number of halogens is 1. The van der Waals surface area contributed by atoms with Crippen LogP contribution in [0.2, 0.25) is 0 Å². The van der Waals surface area contributed by atoms with E-state index in [2.05, 4.69) is 41.4 Å². The highest BCUT2D eigenvalue weighted by molar-refractivity contribution is 5.85. The van der Waals surface area contributed by atoms with E-state index < -0.39 is 0 Å². The molecule has 24 heavy (non-hydrogen) atoms. The van der Waals surface area contributed by atoms with E-state index in [-0.39, 0.29) is 18.3 Å². The second-order valence-corrected chi connectivity index (χ2v) is 7.09. The molecule has 0 aliphatic carbocycles. The summed E-state index contributed by atoms with van der Waals surface area (Å²) in [4.78, 5) is 17.2. The van der Waals surface area contributed by atoms with Crippen molar-refractivity contribution in [1.82, 2.24) is 10.2 Å². The molecular weight excluding hydrogens is 322 g/mol. The minimum absolute atomic E-state index is 0. The van der Waals surface area contributed by atoms with E-state index in [1.165, 1.54) is 24.1 Å². The molecule has 134 valence electrons. The molecule has 3 rings (SSSR count). The SMILES string of the molecule is C[C@H]1C[C@@H](C(=O)N(C)Cc2ccccc2N2CCCC2)CCN1.Cl. The summed E-state index contributed by atoms with van der Waals surface area (Å²) in [7, 11) is 1.95. The van der Waals surface area contributed by atoms with E-state index in [0.29, 0.717) is 18.5 Å². The average Bonchev–Trinajstić information content (AvgIpc) is 3.09. The number of hydrogen-bond donors (Lipinski definition) is 1. The van der Waals surface area contributed by atoms with E-state index in [9.17, 15) is 4.79 Å². The zero-order valence-corrected chi connectivity index (χ0v) is 15.6. The number of hydrogen-bond acceptors (Lipinski definition) is 3. The molecule has 0 saturated carbocycles. The van der Waals surface area contributed by atoms with Gasteiger partial charge in [0, 0.05) is 44.3 Å². The van der Waals surface area contributed by atoms with Crippen LogP contribution in [0, 0.1) is 5.92 Å². The van der Waals surface area contributed by atoms with E-state index in [4.69, 9.17) is 0 Å². The fraction of sp³-hybridized carbons (Fsp3) is 0.632. The van der Waals surface area contributed by atoms with Crippen molar-refractivity contribution in [3.63, 3.8) is 0 Å². The van der Waals surface area contributed by atoms with Crippen LogP contribution in [-0.4, -0.2) is 43.5 Å². The molecule has 2 atom stereocenters. The van der Waals surface area contributed by atoms with Gasteiger partial charge in [0.15, 0.2) is 0 Å². The highest BCUT2D eigenvalue weighted by atomic mass is 35.5. The molecule has 0 aromatic heterocycles. The Morgan fingerprint density at radius 1 is 1.29 bits per heavy atom. The molecule has 5 heteroatoms. The van der Waals surface area contributed by atoms with Gasteiger partial charge in [-0.15, -0.1) is 12.4 Å². The number of benzene rings is 1. The van der Waals surface area contributed by atoms with E-state index in [1.54, 1.807) is 0 Å². The zero-order chi connectivity index (χ0) is 16.2. The molecule has 2 heterocycles. The van der Waals surface area contributed by atoms with Crippen LogP contribution >= 0.6 is 12.4 Å². The van der Waals surface area contributed by atoms with Crippen molar-refractivity contribution in [2.45, 2.75) is 45.2 Å². The van der Waals surface area contributed by atoms with Crippen LogP contribution in [0.3, 0.4) is 0 Å². The molecule has 2 aliphatic rings. The molecular formula is C19H30ClN3O. The molecule has 2 saturated heterocycles. The number of piperidine rings is 1. The normalized spacial score (nSPS) is 23.7. The van der Waals surface area contributed by atoms with Crippen LogP contribution in [-0.2, 0) is 11.3 Å². The summed E-state index contributed by atoms with van der Waals surface area (Å²) in [5.74, 6) is 0.477. The summed E-state index contributed by atoms with van der Waals surface area (Å²) < 4.78 is 0. The number of anilines is 1. The molecule has 0 bridgehead atoms. The summed E-state index contributed by atoms with van der Waals surface area (Å²) in [6.45, 7) is 6.11. The van der Waals surface area contributed by atoms with Crippen molar-refractivity contribution in [1.29, 1.82) is 0 Å². The van der Waals surface area contributed by atoms with Gasteiger partial charge in [0.05, 0.1) is 0 Å². The molecule has 1 aromatic carbocycles. The molecule has 0 spiro atoms. The highest BCUT2D eigenvalue weighted by Gasteiger charge is 2.27. The van der Waals surface area contributed by atoms with Crippen LogP contribution < -0.4 is 10.2 Å². The predicted molar refractivity (Wildman–Crippen MR) is 102 cm³/mol. The van der Waals surface area contributed by atoms with Crippen LogP contribution in [0.4, 0.5) is 5.69 Å². The quantitative estimate of drug-likeness (QED) is 0.905. The number of nitrogens with one attached hydrogen (secondary N) is 1. The Hall–Kier alpha value is -1.26. The van der Waals surface area contributed by atoms with Gasteiger partial charge < -0.3 is 15.1 Å². The first-order chi connectivity index (χ1) is 11.1. The molecule has 2 fully saturated rings. The lowest BCUT2D eigenvalue weighted by atomic mass is 9.92. The van der Waals surface area contributed by atoms with E-state index >= 15 is 0 Å². The van der Waals surface area contributed by atoms with Crippen molar-refractivity contribution in [2.24, 2.45) is 5.92 Å². The molecule has 1 amide bonds. The first kappa shape index (κ1) is 19.1. The third kappa shape index (κ3) is 4.42. The van der Waals surface area contributed by atoms with Crippen LogP contribution in [0.25, 0.3) is 0 Å². The highest BCUT2D eigenvalue weighted by Crippen LogP contribution is 2.26. The van der Waals surface area contributed by atoms with Gasteiger partial charge in [-0.25, -0.2) is 0 Å². The number of carbonyl (C=O) groups excluding carboxylic acids is 1. The van der Waals surface area contributed by atoms with Crippen molar-refractivity contribution >= 4 is 24.0 Å². The fourth-order valence-electron chi connectivity index (χ4n) is 3.91. The Morgan fingerprint density at radius 3 is 2.71 bits per heavy atom. The monoisotopic (exact) mass is 351 g/mol. The lowest BCUT2D eigenvalue weighted by Gasteiger charge is -2.31. The first-order valence-corrected chi connectivity index (χ1v) is 8.96. The first-order valence-electron chi connectivity index (χ1n) is 8.96. The maximum absolute atomic E-state index is 12.8. The molecule has 2 aliphatic heterocycles. The topological polar surface area (TPSA) is 35.6 Å². The van der Waals surface area contributed by atoms with Crippen LogP contribution in [0.5, 0.6) is 0 Å². The predicted octanol–water partition coefficient (Wildman–Crippen LogP) is 3.06. The Kier molecular flexibility index (Phi) is 6.93. The standard InChI is InChI=1S/C19H29N3O.ClH/c1-15-13-16(9-10-20-15)19(23)21(2)14-17-7-3-4-8-18(17)22-11-5-6-12-22;/h3-4,7-8,15-16,20H,5-6,9-14H2,1-2H3;1H/t15-,16-;/m0./s1. The lowest BCUT2D eigenvalue weighted by molar-refractivity contribution is -0.135. The Bertz CT molecular complexity index is 545. The smallest absolute Gasteiger partial charge is 0.225 e. The fourth-order valence-corrected chi connectivity index (χ4v) is 3.91. The number of nitrogens with zero attached hydrogens (tertiary/aromatic N) is 2. The number of para-hydroxylation sites is 1. The maximum Gasteiger partial charge on any atom is 0.225 e. The van der Waals surface area contributed by atoms with Gasteiger partial charge in [-0.1, -0.05) is 18.2 Å². The summed E-state index contributed by atoms with van der Waals surface area (Å²) >= 11 is 0. The van der Waals surface area contributed by atoms with Gasteiger partial charge in [-0.3, -0.25) is 4.79 Å². The van der Waals surface area contributed by atoms with Crippen LogP contribution in [0.1, 0.15) is 38.2 Å². The van der Waals surface area contributed by atoms with Gasteiger partial charge in [0.1, 0.15) is 0 Å². The van der Waals surface area contributed by atoms with Gasteiger partial charge in [0.2, 0.25) is 5.91 Å². The summed E-state index contributed by atoms with van der Waals surface area (Å²) in [5, 5.41) is 3.42. The molecule has 1 aromatic rings. The van der Waals surface area contributed by atoms with Crippen molar-refractivity contribution < 1.29 is 4.79 Å². The second kappa shape index (κ2) is 8.72. The lowest BCUT2D eigenvalue weighted by Crippen LogP contribution is -2.42. The van der Waals surface area contributed by atoms with E-state index in [1.807, 2.05) is 11.9 Å². The summed E-state index contributed by atoms with van der Waals surface area (Å²) in [5.41, 5.74) is 2.58. The minimum Gasteiger partial charge on any atom is -0.371 e. The van der Waals surface area contributed by atoms with Crippen molar-refractivity contribution in [2.75, 3.05) is 31.6 Å². The third-order valence-electron chi connectivity index (χ3n) is 5.20. The molecule has 4 nitrogen and oxygen atoms in total. The number of carbonyl (C=O) groups is 1. The summed E-state index contributed by atoms with van der Waals surface area (Å²) in [6, 6.07) is 9.00. The largest absolute Gasteiger partial charge is 0.371 e. The zero-order valence-electron chi connectivity index (χ0n) is 14.8. The van der Waals surface area contributed by atoms with Gasteiger partial charge in [-0.05, 0) is 50.8 Å². The third-order valence-corrected chi connectivity index (χ3v) is 5.20. The Labute approximate surface area is 152 Å². The number of amides is 1. The number of rotatable bonds is 4. The average molecular weight is 352 g/mol. The van der Waals surface area contributed by atoms with Gasteiger partial charge in [0.25, 0.3) is 0 Å². The summed E-state index contributed by atoms with van der Waals surface area (Å²) in [6.07, 6.45) is 4.46. The van der Waals surface area contributed by atoms with E-state index in [0.717, 1.165) is 32.5 Å². The molecule has 1 N–H and O–H groups in total. The van der Waals surface area contributed by atoms with Crippen molar-refractivity contribution in [3.8, 4) is 0 Å². The molecule has 0 radical (unpaired) electrons. The van der Waals surface area contributed by atoms with Crippen LogP contribution in [0.15, 0.2) is 24.3 Å². The van der Waals surface area contributed by atoms with Gasteiger partial charge in [-0.2, -0.15) is 0 Å². The second-order valence-electron chi connectivity index (χ2n) is 7.09.